The summed E-state index contributed by atoms with van der Waals surface area (Å²) in [5, 5.41) is 21.9. The minimum Gasteiger partial charge on any atom is -0.276 e. The molecule has 33 heavy (non-hydrogen) atoms. The maximum atomic E-state index is 13.0. The number of nitro benzene ring substituents is 1. The van der Waals surface area contributed by atoms with E-state index in [2.05, 4.69) is 9.97 Å². The van der Waals surface area contributed by atoms with Crippen LogP contribution in [0.4, 0.5) is 5.69 Å². The molecule has 0 saturated heterocycles. The molecular formula is C25H15N5O3. The number of nitro groups is 1. The van der Waals surface area contributed by atoms with Gasteiger partial charge >= 0.3 is 0 Å². The lowest BCUT2D eigenvalue weighted by Crippen LogP contribution is -2.18. The third kappa shape index (κ3) is 3.38. The molecule has 0 bridgehead atoms. The highest BCUT2D eigenvalue weighted by Gasteiger charge is 2.16. The van der Waals surface area contributed by atoms with Crippen LogP contribution in [-0.4, -0.2) is 19.5 Å². The molecule has 5 rings (SSSR count). The molecule has 158 valence electrons. The number of rotatable bonds is 3. The van der Waals surface area contributed by atoms with Gasteiger partial charge in [-0.15, -0.1) is 0 Å². The first-order valence-electron chi connectivity index (χ1n) is 10.0. The fourth-order valence-electron chi connectivity index (χ4n) is 3.91. The predicted octanol–water partition coefficient (Wildman–Crippen LogP) is 4.69. The topological polar surface area (TPSA) is 115 Å². The van der Waals surface area contributed by atoms with Crippen LogP contribution in [0, 0.1) is 28.4 Å². The Hall–Kier alpha value is -4.90. The monoisotopic (exact) mass is 433 g/mol. The smallest absolute Gasteiger partial charge is 0.274 e. The largest absolute Gasteiger partial charge is 0.276 e. The first kappa shape index (κ1) is 20.0. The summed E-state index contributed by atoms with van der Waals surface area (Å²) in [6.07, 6.45) is 3.30. The predicted molar refractivity (Wildman–Crippen MR) is 124 cm³/mol. The normalized spacial score (nSPS) is 10.9. The molecule has 5 aromatic rings. The van der Waals surface area contributed by atoms with Gasteiger partial charge in [-0.3, -0.25) is 24.5 Å². The van der Waals surface area contributed by atoms with Gasteiger partial charge in [-0.25, -0.2) is 4.98 Å². The van der Waals surface area contributed by atoms with Crippen molar-refractivity contribution >= 4 is 27.5 Å². The molecule has 2 aromatic carbocycles. The molecule has 0 amide bonds. The number of pyridine rings is 3. The molecule has 0 N–H and O–H groups in total. The lowest BCUT2D eigenvalue weighted by Gasteiger charge is -2.13. The van der Waals surface area contributed by atoms with Crippen molar-refractivity contribution in [1.82, 2.24) is 14.5 Å². The summed E-state index contributed by atoms with van der Waals surface area (Å²) in [5.41, 5.74) is 3.80. The summed E-state index contributed by atoms with van der Waals surface area (Å²) in [6, 6.07) is 19.0. The first-order valence-corrected chi connectivity index (χ1v) is 10.0. The van der Waals surface area contributed by atoms with Crippen molar-refractivity contribution in [3.8, 4) is 22.9 Å². The highest BCUT2D eigenvalue weighted by Crippen LogP contribution is 2.30. The Labute approximate surface area is 187 Å². The zero-order valence-electron chi connectivity index (χ0n) is 17.4. The summed E-state index contributed by atoms with van der Waals surface area (Å²) < 4.78 is 1.48. The summed E-state index contributed by atoms with van der Waals surface area (Å²) in [7, 11) is 0. The van der Waals surface area contributed by atoms with Gasteiger partial charge in [-0.2, -0.15) is 5.26 Å². The Balaban J connectivity index is 1.83. The molecule has 0 aliphatic rings. The lowest BCUT2D eigenvalue weighted by molar-refractivity contribution is -0.385. The third-order valence-electron chi connectivity index (χ3n) is 5.58. The highest BCUT2D eigenvalue weighted by atomic mass is 16.6. The quantitative estimate of drug-likeness (QED) is 0.232. The van der Waals surface area contributed by atoms with Crippen molar-refractivity contribution < 1.29 is 4.92 Å². The van der Waals surface area contributed by atoms with Gasteiger partial charge in [-0.05, 0) is 48.9 Å². The molecule has 0 spiro atoms. The van der Waals surface area contributed by atoms with Gasteiger partial charge in [0.1, 0.15) is 11.8 Å². The average Bonchev–Trinajstić information content (AvgIpc) is 2.84. The van der Waals surface area contributed by atoms with E-state index in [1.54, 1.807) is 43.6 Å². The average molecular weight is 433 g/mol. The van der Waals surface area contributed by atoms with E-state index in [4.69, 9.17) is 5.26 Å². The van der Waals surface area contributed by atoms with Gasteiger partial charge in [0.05, 0.1) is 21.6 Å². The van der Waals surface area contributed by atoms with E-state index in [0.29, 0.717) is 28.0 Å². The molecule has 8 heteroatoms. The molecule has 0 unspecified atom stereocenters. The van der Waals surface area contributed by atoms with Crippen molar-refractivity contribution in [2.45, 2.75) is 6.92 Å². The van der Waals surface area contributed by atoms with Crippen molar-refractivity contribution in [1.29, 1.82) is 5.26 Å². The molecule has 0 aliphatic heterocycles. The van der Waals surface area contributed by atoms with Crippen LogP contribution in [0.1, 0.15) is 11.3 Å². The van der Waals surface area contributed by atoms with Crippen LogP contribution >= 0.6 is 0 Å². The standard InChI is InChI=1S/C25H15N5O3/c1-15-2-7-20(11-23(15)30(32)33)29-24(31)9-5-18-14-28-22-8-4-16(10-21(22)25(18)29)17-3-6-19(12-26)27-13-17/h2-11,13-14H,1H3. The second-order valence-electron chi connectivity index (χ2n) is 7.57. The van der Waals surface area contributed by atoms with Crippen LogP contribution in [0.2, 0.25) is 0 Å². The number of nitrogens with zero attached hydrogens (tertiary/aromatic N) is 5. The zero-order chi connectivity index (χ0) is 23.1. The van der Waals surface area contributed by atoms with Gasteiger partial charge in [0, 0.05) is 46.4 Å². The van der Waals surface area contributed by atoms with Gasteiger partial charge in [0.25, 0.3) is 11.2 Å². The molecule has 8 nitrogen and oxygen atoms in total. The molecule has 0 aliphatic carbocycles. The SMILES string of the molecule is Cc1ccc(-n2c(=O)ccc3cnc4ccc(-c5ccc(C#N)nc5)cc4c32)cc1[N+](=O)[O-]. The summed E-state index contributed by atoms with van der Waals surface area (Å²) in [4.78, 5) is 32.7. The Morgan fingerprint density at radius 1 is 0.970 bits per heavy atom. The van der Waals surface area contributed by atoms with Crippen LogP contribution in [-0.2, 0) is 0 Å². The van der Waals surface area contributed by atoms with Crippen LogP contribution in [0.5, 0.6) is 0 Å². The van der Waals surface area contributed by atoms with Crippen LogP contribution in [0.15, 0.2) is 77.9 Å². The minimum atomic E-state index is -0.454. The Morgan fingerprint density at radius 2 is 1.79 bits per heavy atom. The lowest BCUT2D eigenvalue weighted by atomic mass is 10.0. The van der Waals surface area contributed by atoms with Crippen molar-refractivity contribution in [3.05, 3.63) is 105 Å². The van der Waals surface area contributed by atoms with Gasteiger partial charge in [0.2, 0.25) is 0 Å². The summed E-state index contributed by atoms with van der Waals surface area (Å²) in [6.45, 7) is 1.66. The Bertz CT molecular complexity index is 1680. The second kappa shape index (κ2) is 7.66. The molecule has 3 heterocycles. The number of hydrogen-bond acceptors (Lipinski definition) is 6. The second-order valence-corrected chi connectivity index (χ2v) is 7.57. The van der Waals surface area contributed by atoms with Gasteiger partial charge < -0.3 is 0 Å². The number of hydrogen-bond donors (Lipinski definition) is 0. The Morgan fingerprint density at radius 3 is 2.52 bits per heavy atom. The van der Waals surface area contributed by atoms with E-state index in [-0.39, 0.29) is 11.2 Å². The van der Waals surface area contributed by atoms with E-state index in [1.165, 1.54) is 16.7 Å². The van der Waals surface area contributed by atoms with E-state index >= 15 is 0 Å². The number of aromatic nitrogens is 3. The van der Waals surface area contributed by atoms with E-state index in [9.17, 15) is 14.9 Å². The zero-order valence-corrected chi connectivity index (χ0v) is 17.4. The molecule has 0 radical (unpaired) electrons. The number of aryl methyl sites for hydroxylation is 1. The molecule has 0 saturated carbocycles. The molecule has 0 fully saturated rings. The van der Waals surface area contributed by atoms with E-state index in [1.807, 2.05) is 30.3 Å². The van der Waals surface area contributed by atoms with E-state index < -0.39 is 4.92 Å². The molecular weight excluding hydrogens is 418 g/mol. The maximum absolute atomic E-state index is 13.0. The van der Waals surface area contributed by atoms with Crippen LogP contribution in [0.25, 0.3) is 38.6 Å². The minimum absolute atomic E-state index is 0.0564. The number of nitriles is 1. The van der Waals surface area contributed by atoms with Crippen molar-refractivity contribution in [3.63, 3.8) is 0 Å². The molecule has 0 atom stereocenters. The fraction of sp³-hybridized carbons (Fsp3) is 0.0400. The third-order valence-corrected chi connectivity index (χ3v) is 5.58. The van der Waals surface area contributed by atoms with Crippen molar-refractivity contribution in [2.75, 3.05) is 0 Å². The summed E-state index contributed by atoms with van der Waals surface area (Å²) >= 11 is 0. The van der Waals surface area contributed by atoms with Crippen LogP contribution in [0.3, 0.4) is 0 Å². The fourth-order valence-corrected chi connectivity index (χ4v) is 3.91. The van der Waals surface area contributed by atoms with Crippen LogP contribution < -0.4 is 5.56 Å². The maximum Gasteiger partial charge on any atom is 0.274 e. The molecule has 3 aromatic heterocycles. The van der Waals surface area contributed by atoms with Crippen molar-refractivity contribution in [2.24, 2.45) is 0 Å². The number of fused-ring (bicyclic) bond motifs is 3. The Kier molecular flexibility index (Phi) is 4.65. The van der Waals surface area contributed by atoms with Gasteiger partial charge in [-0.1, -0.05) is 12.1 Å². The summed E-state index contributed by atoms with van der Waals surface area (Å²) in [5.74, 6) is 0. The highest BCUT2D eigenvalue weighted by molar-refractivity contribution is 6.05. The van der Waals surface area contributed by atoms with Gasteiger partial charge in [0.15, 0.2) is 0 Å². The first-order chi connectivity index (χ1) is 16.0. The van der Waals surface area contributed by atoms with E-state index in [0.717, 1.165) is 21.9 Å². The number of benzene rings is 2.